The van der Waals surface area contributed by atoms with Crippen LogP contribution in [-0.2, 0) is 13.5 Å². The summed E-state index contributed by atoms with van der Waals surface area (Å²) in [5, 5.41) is 0. The van der Waals surface area contributed by atoms with Gasteiger partial charge in [-0.3, -0.25) is 4.57 Å². The van der Waals surface area contributed by atoms with Gasteiger partial charge in [-0.2, -0.15) is 0 Å². The molecule has 1 aromatic carbocycles. The van der Waals surface area contributed by atoms with Gasteiger partial charge in [-0.25, -0.2) is 4.79 Å². The summed E-state index contributed by atoms with van der Waals surface area (Å²) in [6.45, 7) is 0.643. The molecule has 2 aromatic rings. The van der Waals surface area contributed by atoms with Crippen LogP contribution < -0.4 is 11.4 Å². The van der Waals surface area contributed by atoms with Gasteiger partial charge in [-0.05, 0) is 30.7 Å². The van der Waals surface area contributed by atoms with E-state index in [2.05, 4.69) is 0 Å². The topological polar surface area (TPSA) is 52.9 Å². The highest BCUT2D eigenvalue weighted by Gasteiger charge is 2.02. The van der Waals surface area contributed by atoms with Crippen LogP contribution in [0, 0.1) is 0 Å². The molecular formula is C12H15N3O. The zero-order valence-corrected chi connectivity index (χ0v) is 9.26. The summed E-state index contributed by atoms with van der Waals surface area (Å²) >= 11 is 0. The SMILES string of the molecule is Cn1ccn(-c2ccc(CCN)cc2)c1=O. The molecule has 1 aromatic heterocycles. The van der Waals surface area contributed by atoms with Crippen LogP contribution in [0.3, 0.4) is 0 Å². The van der Waals surface area contributed by atoms with Crippen molar-refractivity contribution < 1.29 is 0 Å². The molecule has 1 heterocycles. The van der Waals surface area contributed by atoms with E-state index in [4.69, 9.17) is 5.73 Å². The van der Waals surface area contributed by atoms with Crippen molar-refractivity contribution in [2.45, 2.75) is 6.42 Å². The van der Waals surface area contributed by atoms with Gasteiger partial charge in [0.25, 0.3) is 0 Å². The maximum atomic E-state index is 11.7. The van der Waals surface area contributed by atoms with Gasteiger partial charge in [-0.1, -0.05) is 12.1 Å². The van der Waals surface area contributed by atoms with Crippen molar-refractivity contribution in [3.8, 4) is 5.69 Å². The lowest BCUT2D eigenvalue weighted by atomic mass is 10.1. The lowest BCUT2D eigenvalue weighted by molar-refractivity contribution is 0.823. The summed E-state index contributed by atoms with van der Waals surface area (Å²) in [6.07, 6.45) is 4.38. The Morgan fingerprint density at radius 2 is 1.88 bits per heavy atom. The Kier molecular flexibility index (Phi) is 2.92. The number of aryl methyl sites for hydroxylation is 1. The second-order valence-electron chi connectivity index (χ2n) is 3.77. The quantitative estimate of drug-likeness (QED) is 0.822. The van der Waals surface area contributed by atoms with Crippen LogP contribution in [0.5, 0.6) is 0 Å². The van der Waals surface area contributed by atoms with Gasteiger partial charge in [-0.15, -0.1) is 0 Å². The lowest BCUT2D eigenvalue weighted by Gasteiger charge is -2.03. The van der Waals surface area contributed by atoms with Gasteiger partial charge in [0.15, 0.2) is 0 Å². The Labute approximate surface area is 93.9 Å². The highest BCUT2D eigenvalue weighted by atomic mass is 16.1. The van der Waals surface area contributed by atoms with Crippen molar-refractivity contribution in [1.82, 2.24) is 9.13 Å². The molecule has 0 radical (unpaired) electrons. The fourth-order valence-corrected chi connectivity index (χ4v) is 1.65. The summed E-state index contributed by atoms with van der Waals surface area (Å²) in [7, 11) is 1.74. The van der Waals surface area contributed by atoms with Crippen LogP contribution in [-0.4, -0.2) is 15.7 Å². The number of nitrogens with zero attached hydrogens (tertiary/aromatic N) is 2. The summed E-state index contributed by atoms with van der Waals surface area (Å²) in [5.41, 5.74) is 7.51. The molecule has 0 unspecified atom stereocenters. The predicted octanol–water partition coefficient (Wildman–Crippen LogP) is 0.677. The second-order valence-corrected chi connectivity index (χ2v) is 3.77. The number of rotatable bonds is 3. The molecule has 4 heteroatoms. The first-order valence-corrected chi connectivity index (χ1v) is 5.26. The molecule has 4 nitrogen and oxygen atoms in total. The van der Waals surface area contributed by atoms with E-state index in [-0.39, 0.29) is 5.69 Å². The molecule has 0 bridgehead atoms. The van der Waals surface area contributed by atoms with Gasteiger partial charge in [0.2, 0.25) is 0 Å². The first-order chi connectivity index (χ1) is 7.72. The molecule has 0 atom stereocenters. The van der Waals surface area contributed by atoms with Crippen LogP contribution >= 0.6 is 0 Å². The van der Waals surface area contributed by atoms with Crippen LogP contribution in [0.25, 0.3) is 5.69 Å². The van der Waals surface area contributed by atoms with Gasteiger partial charge in [0.1, 0.15) is 0 Å². The standard InChI is InChI=1S/C12H15N3O/c1-14-8-9-15(12(14)16)11-4-2-10(3-5-11)6-7-13/h2-5,8-9H,6-7,13H2,1H3. The van der Waals surface area contributed by atoms with Crippen molar-refractivity contribution in [2.24, 2.45) is 12.8 Å². The third kappa shape index (κ3) is 1.92. The van der Waals surface area contributed by atoms with Gasteiger partial charge in [0, 0.05) is 19.4 Å². The zero-order chi connectivity index (χ0) is 11.5. The highest BCUT2D eigenvalue weighted by molar-refractivity contribution is 5.34. The third-order valence-electron chi connectivity index (χ3n) is 2.59. The Hall–Kier alpha value is -1.81. The van der Waals surface area contributed by atoms with Crippen LogP contribution in [0.2, 0.25) is 0 Å². The zero-order valence-electron chi connectivity index (χ0n) is 9.26. The summed E-state index contributed by atoms with van der Waals surface area (Å²) in [6, 6.07) is 7.88. The van der Waals surface area contributed by atoms with Crippen LogP contribution in [0.1, 0.15) is 5.56 Å². The normalized spacial score (nSPS) is 10.6. The monoisotopic (exact) mass is 217 g/mol. The molecule has 0 aliphatic carbocycles. The number of nitrogens with two attached hydrogens (primary N) is 1. The molecule has 0 saturated carbocycles. The Morgan fingerprint density at radius 1 is 1.19 bits per heavy atom. The van der Waals surface area contributed by atoms with Gasteiger partial charge in [0.05, 0.1) is 5.69 Å². The van der Waals surface area contributed by atoms with E-state index < -0.39 is 0 Å². The Morgan fingerprint density at radius 3 is 2.38 bits per heavy atom. The van der Waals surface area contributed by atoms with Crippen LogP contribution in [0.4, 0.5) is 0 Å². The third-order valence-corrected chi connectivity index (χ3v) is 2.59. The number of benzene rings is 1. The highest BCUT2D eigenvalue weighted by Crippen LogP contribution is 2.07. The molecule has 2 N–H and O–H groups in total. The van der Waals surface area contributed by atoms with E-state index in [1.54, 1.807) is 28.6 Å². The van der Waals surface area contributed by atoms with Crippen molar-refractivity contribution in [1.29, 1.82) is 0 Å². The lowest BCUT2D eigenvalue weighted by Crippen LogP contribution is -2.20. The van der Waals surface area contributed by atoms with E-state index in [0.29, 0.717) is 6.54 Å². The van der Waals surface area contributed by atoms with E-state index in [0.717, 1.165) is 12.1 Å². The van der Waals surface area contributed by atoms with Gasteiger partial charge >= 0.3 is 5.69 Å². The van der Waals surface area contributed by atoms with Crippen molar-refractivity contribution in [3.63, 3.8) is 0 Å². The van der Waals surface area contributed by atoms with Crippen molar-refractivity contribution in [3.05, 3.63) is 52.7 Å². The minimum Gasteiger partial charge on any atom is -0.330 e. The molecule has 0 spiro atoms. The molecule has 0 amide bonds. The molecule has 0 aliphatic rings. The molecule has 0 fully saturated rings. The van der Waals surface area contributed by atoms with E-state index in [9.17, 15) is 4.79 Å². The molecule has 2 rings (SSSR count). The fourth-order valence-electron chi connectivity index (χ4n) is 1.65. The predicted molar refractivity (Wildman–Crippen MR) is 63.8 cm³/mol. The van der Waals surface area contributed by atoms with Crippen molar-refractivity contribution in [2.75, 3.05) is 6.54 Å². The molecule has 0 saturated heterocycles. The van der Waals surface area contributed by atoms with E-state index in [1.807, 2.05) is 24.3 Å². The smallest absolute Gasteiger partial charge is 0.330 e. The number of hydrogen-bond acceptors (Lipinski definition) is 2. The summed E-state index contributed by atoms with van der Waals surface area (Å²) in [5.74, 6) is 0. The summed E-state index contributed by atoms with van der Waals surface area (Å²) in [4.78, 5) is 11.7. The minimum absolute atomic E-state index is 0.0356. The van der Waals surface area contributed by atoms with Crippen LogP contribution in [0.15, 0.2) is 41.5 Å². The number of imidazole rings is 1. The molecule has 0 aliphatic heterocycles. The van der Waals surface area contributed by atoms with E-state index in [1.165, 1.54) is 5.56 Å². The number of hydrogen-bond donors (Lipinski definition) is 1. The largest absolute Gasteiger partial charge is 0.332 e. The fraction of sp³-hybridized carbons (Fsp3) is 0.250. The second kappa shape index (κ2) is 4.37. The van der Waals surface area contributed by atoms with Crippen molar-refractivity contribution >= 4 is 0 Å². The Balaban J connectivity index is 2.35. The van der Waals surface area contributed by atoms with Gasteiger partial charge < -0.3 is 10.3 Å². The molecular weight excluding hydrogens is 202 g/mol. The Bertz CT molecular complexity index is 522. The number of aromatic nitrogens is 2. The minimum atomic E-state index is -0.0356. The maximum absolute atomic E-state index is 11.7. The average Bonchev–Trinajstić information content (AvgIpc) is 2.62. The molecule has 84 valence electrons. The maximum Gasteiger partial charge on any atom is 0.332 e. The van der Waals surface area contributed by atoms with E-state index >= 15 is 0 Å². The summed E-state index contributed by atoms with van der Waals surface area (Å²) < 4.78 is 3.17. The first-order valence-electron chi connectivity index (χ1n) is 5.26. The first kappa shape index (κ1) is 10.7. The average molecular weight is 217 g/mol. The molecule has 16 heavy (non-hydrogen) atoms.